The van der Waals surface area contributed by atoms with E-state index < -0.39 is 17.5 Å². The number of carbonyl (C=O) groups is 1. The summed E-state index contributed by atoms with van der Waals surface area (Å²) in [5.41, 5.74) is 1.28. The molecular formula is C19H15F2N3O2. The summed E-state index contributed by atoms with van der Waals surface area (Å²) in [4.78, 5) is 16.3. The number of amides is 1. The van der Waals surface area contributed by atoms with E-state index in [0.29, 0.717) is 17.1 Å². The van der Waals surface area contributed by atoms with E-state index in [1.165, 1.54) is 18.3 Å². The van der Waals surface area contributed by atoms with Crippen LogP contribution in [0.4, 0.5) is 25.8 Å². The minimum absolute atomic E-state index is 0.0964. The van der Waals surface area contributed by atoms with Crippen molar-refractivity contribution in [1.29, 1.82) is 0 Å². The lowest BCUT2D eigenvalue weighted by molar-refractivity contribution is 0.102. The molecule has 0 atom stereocenters. The third kappa shape index (κ3) is 4.13. The van der Waals surface area contributed by atoms with Crippen LogP contribution >= 0.6 is 0 Å². The number of carbonyl (C=O) groups excluding carboxylic acids is 1. The molecule has 5 nitrogen and oxygen atoms in total. The second-order valence-electron chi connectivity index (χ2n) is 5.36. The molecule has 2 aromatic carbocycles. The Morgan fingerprint density at radius 2 is 1.77 bits per heavy atom. The number of pyridine rings is 1. The Morgan fingerprint density at radius 3 is 2.46 bits per heavy atom. The summed E-state index contributed by atoms with van der Waals surface area (Å²) >= 11 is 0. The van der Waals surface area contributed by atoms with Crippen LogP contribution in [0.25, 0.3) is 0 Å². The highest BCUT2D eigenvalue weighted by atomic mass is 19.1. The van der Waals surface area contributed by atoms with E-state index in [-0.39, 0.29) is 11.4 Å². The van der Waals surface area contributed by atoms with Gasteiger partial charge in [-0.25, -0.2) is 8.78 Å². The summed E-state index contributed by atoms with van der Waals surface area (Å²) < 4.78 is 31.8. The molecule has 3 aromatic rings. The maximum absolute atomic E-state index is 13.7. The van der Waals surface area contributed by atoms with Crippen LogP contribution in [0.1, 0.15) is 10.5 Å². The smallest absolute Gasteiger partial charge is 0.274 e. The van der Waals surface area contributed by atoms with E-state index in [1.54, 1.807) is 37.4 Å². The zero-order valence-electron chi connectivity index (χ0n) is 13.8. The fourth-order valence-corrected chi connectivity index (χ4v) is 2.25. The zero-order chi connectivity index (χ0) is 18.5. The van der Waals surface area contributed by atoms with Gasteiger partial charge in [0.15, 0.2) is 0 Å². The lowest BCUT2D eigenvalue weighted by Gasteiger charge is -2.09. The second kappa shape index (κ2) is 7.60. The first-order chi connectivity index (χ1) is 12.5. The Balaban J connectivity index is 1.74. The molecule has 0 bridgehead atoms. The molecule has 1 aromatic heterocycles. The Hall–Kier alpha value is -3.48. The Bertz CT molecular complexity index is 930. The van der Waals surface area contributed by atoms with Crippen LogP contribution in [0.5, 0.6) is 5.75 Å². The number of nitrogens with zero attached hydrogens (tertiary/aromatic N) is 1. The first-order valence-corrected chi connectivity index (χ1v) is 7.69. The fraction of sp³-hybridized carbons (Fsp3) is 0.0526. The number of ether oxygens (including phenoxy) is 1. The average Bonchev–Trinajstić information content (AvgIpc) is 2.65. The van der Waals surface area contributed by atoms with Crippen LogP contribution in [0.2, 0.25) is 0 Å². The number of halogens is 2. The monoisotopic (exact) mass is 355 g/mol. The first-order valence-electron chi connectivity index (χ1n) is 7.69. The third-order valence-corrected chi connectivity index (χ3v) is 3.55. The van der Waals surface area contributed by atoms with Crippen LogP contribution in [0.3, 0.4) is 0 Å². The van der Waals surface area contributed by atoms with Crippen molar-refractivity contribution in [1.82, 2.24) is 4.98 Å². The molecule has 3 rings (SSSR count). The molecular weight excluding hydrogens is 340 g/mol. The zero-order valence-corrected chi connectivity index (χ0v) is 13.8. The van der Waals surface area contributed by atoms with Crippen molar-refractivity contribution < 1.29 is 18.3 Å². The average molecular weight is 355 g/mol. The maximum atomic E-state index is 13.7. The third-order valence-electron chi connectivity index (χ3n) is 3.55. The summed E-state index contributed by atoms with van der Waals surface area (Å²) in [7, 11) is 1.56. The number of hydrogen-bond donors (Lipinski definition) is 2. The van der Waals surface area contributed by atoms with Gasteiger partial charge in [-0.2, -0.15) is 0 Å². The molecule has 1 heterocycles. The number of hydrogen-bond acceptors (Lipinski definition) is 4. The molecule has 0 unspecified atom stereocenters. The van der Waals surface area contributed by atoms with E-state index in [1.807, 2.05) is 0 Å². The fourth-order valence-electron chi connectivity index (χ4n) is 2.25. The van der Waals surface area contributed by atoms with Crippen LogP contribution in [-0.2, 0) is 0 Å². The number of anilines is 3. The lowest BCUT2D eigenvalue weighted by atomic mass is 10.2. The molecule has 26 heavy (non-hydrogen) atoms. The largest absolute Gasteiger partial charge is 0.497 e. The predicted octanol–water partition coefficient (Wildman–Crippen LogP) is 4.36. The van der Waals surface area contributed by atoms with Crippen molar-refractivity contribution in [2.24, 2.45) is 0 Å². The number of benzene rings is 2. The van der Waals surface area contributed by atoms with Gasteiger partial charge in [0.05, 0.1) is 12.8 Å². The quantitative estimate of drug-likeness (QED) is 0.714. The highest BCUT2D eigenvalue weighted by Crippen LogP contribution is 2.21. The summed E-state index contributed by atoms with van der Waals surface area (Å²) in [6.45, 7) is 0. The van der Waals surface area contributed by atoms with Gasteiger partial charge in [0, 0.05) is 23.6 Å². The second-order valence-corrected chi connectivity index (χ2v) is 5.36. The number of nitrogens with one attached hydrogen (secondary N) is 2. The van der Waals surface area contributed by atoms with Gasteiger partial charge < -0.3 is 15.4 Å². The topological polar surface area (TPSA) is 63.2 Å². The number of methoxy groups -OCH3 is 1. The van der Waals surface area contributed by atoms with Gasteiger partial charge in [-0.15, -0.1) is 0 Å². The summed E-state index contributed by atoms with van der Waals surface area (Å²) in [5, 5.41) is 5.51. The Kier molecular flexibility index (Phi) is 5.07. The van der Waals surface area contributed by atoms with Crippen molar-refractivity contribution in [3.63, 3.8) is 0 Å². The molecule has 132 valence electrons. The number of aromatic nitrogens is 1. The van der Waals surface area contributed by atoms with Crippen molar-refractivity contribution in [3.8, 4) is 5.75 Å². The molecule has 7 heteroatoms. The predicted molar refractivity (Wildman–Crippen MR) is 94.8 cm³/mol. The van der Waals surface area contributed by atoms with Gasteiger partial charge in [0.2, 0.25) is 0 Å². The lowest BCUT2D eigenvalue weighted by Crippen LogP contribution is -2.13. The van der Waals surface area contributed by atoms with Gasteiger partial charge in [-0.05, 0) is 48.5 Å². The molecule has 0 fully saturated rings. The van der Waals surface area contributed by atoms with E-state index >= 15 is 0 Å². The van der Waals surface area contributed by atoms with Gasteiger partial charge >= 0.3 is 0 Å². The van der Waals surface area contributed by atoms with Crippen LogP contribution in [0.15, 0.2) is 60.8 Å². The van der Waals surface area contributed by atoms with E-state index in [2.05, 4.69) is 15.6 Å². The molecule has 0 aliphatic heterocycles. The SMILES string of the molecule is COc1ccc(NC(=O)c2cc(Nc3ccc(F)cc3F)ccn2)cc1. The molecule has 2 N–H and O–H groups in total. The van der Waals surface area contributed by atoms with Crippen molar-refractivity contribution in [3.05, 3.63) is 78.1 Å². The van der Waals surface area contributed by atoms with Gasteiger partial charge in [-0.3, -0.25) is 9.78 Å². The minimum atomic E-state index is -0.731. The van der Waals surface area contributed by atoms with Crippen molar-refractivity contribution in [2.75, 3.05) is 17.7 Å². The molecule has 0 radical (unpaired) electrons. The van der Waals surface area contributed by atoms with Gasteiger partial charge in [0.25, 0.3) is 5.91 Å². The molecule has 0 aliphatic rings. The van der Waals surface area contributed by atoms with Crippen molar-refractivity contribution in [2.45, 2.75) is 0 Å². The molecule has 1 amide bonds. The normalized spacial score (nSPS) is 10.3. The first kappa shape index (κ1) is 17.3. The number of rotatable bonds is 5. The summed E-state index contributed by atoms with van der Waals surface area (Å²) in [5.74, 6) is -1.14. The Labute approximate surface area is 148 Å². The molecule has 0 aliphatic carbocycles. The van der Waals surface area contributed by atoms with Crippen LogP contribution in [0, 0.1) is 11.6 Å². The maximum Gasteiger partial charge on any atom is 0.274 e. The molecule has 0 spiro atoms. The van der Waals surface area contributed by atoms with Gasteiger partial charge in [0.1, 0.15) is 23.1 Å². The van der Waals surface area contributed by atoms with E-state index in [0.717, 1.165) is 12.1 Å². The van der Waals surface area contributed by atoms with Gasteiger partial charge in [-0.1, -0.05) is 0 Å². The van der Waals surface area contributed by atoms with Crippen LogP contribution in [-0.4, -0.2) is 18.0 Å². The Morgan fingerprint density at radius 1 is 1.00 bits per heavy atom. The molecule has 0 saturated heterocycles. The highest BCUT2D eigenvalue weighted by Gasteiger charge is 2.10. The minimum Gasteiger partial charge on any atom is -0.497 e. The van der Waals surface area contributed by atoms with E-state index in [4.69, 9.17) is 4.74 Å². The van der Waals surface area contributed by atoms with Crippen LogP contribution < -0.4 is 15.4 Å². The standard InChI is InChI=1S/C19H15F2N3O2/c1-26-15-5-3-13(4-6-15)24-19(25)18-11-14(8-9-22-18)23-17-7-2-12(20)10-16(17)21/h2-11H,1H3,(H,22,23)(H,24,25). The summed E-state index contributed by atoms with van der Waals surface area (Å²) in [6, 6.07) is 13.1. The molecule has 0 saturated carbocycles. The summed E-state index contributed by atoms with van der Waals surface area (Å²) in [6.07, 6.45) is 1.42. The van der Waals surface area contributed by atoms with E-state index in [9.17, 15) is 13.6 Å². The highest BCUT2D eigenvalue weighted by molar-refractivity contribution is 6.03. The van der Waals surface area contributed by atoms with Crippen molar-refractivity contribution >= 4 is 23.0 Å².